The minimum atomic E-state index is 0.0471. The van der Waals surface area contributed by atoms with Crippen LogP contribution < -0.4 is 0 Å². The molecule has 1 amide bonds. The Labute approximate surface area is 115 Å². The second-order valence-corrected chi connectivity index (χ2v) is 5.52. The molecule has 3 nitrogen and oxygen atoms in total. The monoisotopic (exact) mass is 270 g/mol. The fourth-order valence-electron chi connectivity index (χ4n) is 2.16. The first-order valence-corrected chi connectivity index (χ1v) is 6.97. The zero-order valence-electron chi connectivity index (χ0n) is 10.6. The third kappa shape index (κ3) is 2.27. The molecule has 0 saturated heterocycles. The Morgan fingerprint density at radius 2 is 2.11 bits per heavy atom. The Balaban J connectivity index is 1.87. The highest BCUT2D eigenvalue weighted by atomic mass is 32.1. The summed E-state index contributed by atoms with van der Waals surface area (Å²) >= 11 is 1.67. The molecule has 3 rings (SSSR count). The van der Waals surface area contributed by atoms with Gasteiger partial charge in [-0.1, -0.05) is 24.3 Å². The van der Waals surface area contributed by atoms with Gasteiger partial charge in [-0.15, -0.1) is 11.3 Å². The lowest BCUT2D eigenvalue weighted by Crippen LogP contribution is -2.25. The Kier molecular flexibility index (Phi) is 3.09. The van der Waals surface area contributed by atoms with Gasteiger partial charge in [0.15, 0.2) is 0 Å². The molecule has 1 aromatic carbocycles. The topological polar surface area (TPSA) is 36.1 Å². The molecule has 0 radical (unpaired) electrons. The van der Waals surface area contributed by atoms with Gasteiger partial charge >= 0.3 is 0 Å². The summed E-state index contributed by atoms with van der Waals surface area (Å²) in [6, 6.07) is 11.9. The molecule has 0 atom stereocenters. The molecule has 1 N–H and O–H groups in total. The van der Waals surface area contributed by atoms with Crippen LogP contribution in [0.15, 0.2) is 48.0 Å². The molecular weight excluding hydrogens is 256 g/mol. The van der Waals surface area contributed by atoms with Crippen molar-refractivity contribution in [2.24, 2.45) is 0 Å². The van der Waals surface area contributed by atoms with Gasteiger partial charge in [0, 0.05) is 29.0 Å². The molecule has 0 saturated carbocycles. The van der Waals surface area contributed by atoms with Crippen LogP contribution in [0.2, 0.25) is 0 Å². The first-order chi connectivity index (χ1) is 9.25. The number of aromatic amines is 1. The Hall–Kier alpha value is -2.07. The zero-order valence-corrected chi connectivity index (χ0v) is 11.4. The third-order valence-electron chi connectivity index (χ3n) is 3.14. The van der Waals surface area contributed by atoms with Crippen molar-refractivity contribution in [1.82, 2.24) is 9.88 Å². The third-order valence-corrected chi connectivity index (χ3v) is 4.00. The first kappa shape index (κ1) is 12.0. The molecule has 19 heavy (non-hydrogen) atoms. The summed E-state index contributed by atoms with van der Waals surface area (Å²) in [5, 5.41) is 3.00. The number of rotatable bonds is 3. The molecular formula is C15H14N2OS. The fraction of sp³-hybridized carbons (Fsp3) is 0.133. The van der Waals surface area contributed by atoms with E-state index in [1.165, 1.54) is 4.88 Å². The highest BCUT2D eigenvalue weighted by Crippen LogP contribution is 2.20. The van der Waals surface area contributed by atoms with Gasteiger partial charge in [0.05, 0.1) is 12.1 Å². The minimum absolute atomic E-state index is 0.0471. The highest BCUT2D eigenvalue weighted by Gasteiger charge is 2.16. The maximum Gasteiger partial charge on any atom is 0.256 e. The van der Waals surface area contributed by atoms with E-state index in [0.29, 0.717) is 6.54 Å². The summed E-state index contributed by atoms with van der Waals surface area (Å²) in [4.78, 5) is 18.5. The summed E-state index contributed by atoms with van der Waals surface area (Å²) in [6.45, 7) is 0.649. The van der Waals surface area contributed by atoms with Gasteiger partial charge < -0.3 is 9.88 Å². The smallest absolute Gasteiger partial charge is 0.256 e. The molecule has 0 spiro atoms. The molecule has 2 aromatic heterocycles. The van der Waals surface area contributed by atoms with Crippen LogP contribution in [0.1, 0.15) is 15.2 Å². The molecule has 96 valence electrons. The van der Waals surface area contributed by atoms with Gasteiger partial charge in [-0.3, -0.25) is 4.79 Å². The van der Waals surface area contributed by atoms with E-state index < -0.39 is 0 Å². The predicted molar refractivity (Wildman–Crippen MR) is 78.4 cm³/mol. The first-order valence-electron chi connectivity index (χ1n) is 6.09. The van der Waals surface area contributed by atoms with Crippen LogP contribution in [0.3, 0.4) is 0 Å². The molecule has 2 heterocycles. The highest BCUT2D eigenvalue weighted by molar-refractivity contribution is 7.09. The summed E-state index contributed by atoms with van der Waals surface area (Å²) in [6.07, 6.45) is 1.79. The minimum Gasteiger partial charge on any atom is -0.360 e. The molecule has 0 aliphatic carbocycles. The van der Waals surface area contributed by atoms with Crippen LogP contribution in [0.4, 0.5) is 0 Å². The van der Waals surface area contributed by atoms with Gasteiger partial charge in [0.25, 0.3) is 5.91 Å². The van der Waals surface area contributed by atoms with E-state index in [1.807, 2.05) is 48.8 Å². The van der Waals surface area contributed by atoms with Crippen molar-refractivity contribution in [1.29, 1.82) is 0 Å². The van der Waals surface area contributed by atoms with Gasteiger partial charge in [0.1, 0.15) is 0 Å². The maximum absolute atomic E-state index is 12.5. The van der Waals surface area contributed by atoms with E-state index in [9.17, 15) is 4.79 Å². The van der Waals surface area contributed by atoms with Crippen molar-refractivity contribution in [3.8, 4) is 0 Å². The van der Waals surface area contributed by atoms with Crippen molar-refractivity contribution in [2.75, 3.05) is 7.05 Å². The number of H-pyrrole nitrogens is 1. The van der Waals surface area contributed by atoms with E-state index in [1.54, 1.807) is 22.4 Å². The maximum atomic E-state index is 12.5. The summed E-state index contributed by atoms with van der Waals surface area (Å²) < 4.78 is 0. The van der Waals surface area contributed by atoms with Crippen molar-refractivity contribution in [3.63, 3.8) is 0 Å². The number of fused-ring (bicyclic) bond motifs is 1. The zero-order chi connectivity index (χ0) is 13.2. The summed E-state index contributed by atoms with van der Waals surface area (Å²) in [5.41, 5.74) is 1.73. The summed E-state index contributed by atoms with van der Waals surface area (Å²) in [5.74, 6) is 0.0471. The van der Waals surface area contributed by atoms with Crippen LogP contribution in [0.25, 0.3) is 10.9 Å². The molecule has 3 aromatic rings. The number of nitrogens with one attached hydrogen (secondary N) is 1. The molecule has 0 aliphatic heterocycles. The number of nitrogens with zero attached hydrogens (tertiary/aromatic N) is 1. The lowest BCUT2D eigenvalue weighted by molar-refractivity contribution is 0.0788. The van der Waals surface area contributed by atoms with Gasteiger partial charge in [-0.05, 0) is 17.5 Å². The van der Waals surface area contributed by atoms with E-state index in [2.05, 4.69) is 4.98 Å². The standard InChI is InChI=1S/C15H14N2OS/c1-17(10-11-5-4-8-19-11)15(18)13-9-16-14-7-3-2-6-12(13)14/h2-9,16H,10H2,1H3. The molecule has 0 unspecified atom stereocenters. The predicted octanol–water partition coefficient (Wildman–Crippen LogP) is 3.50. The van der Waals surface area contributed by atoms with E-state index >= 15 is 0 Å². The van der Waals surface area contributed by atoms with E-state index in [4.69, 9.17) is 0 Å². The number of para-hydroxylation sites is 1. The van der Waals surface area contributed by atoms with Crippen LogP contribution in [0.5, 0.6) is 0 Å². The van der Waals surface area contributed by atoms with E-state index in [-0.39, 0.29) is 5.91 Å². The van der Waals surface area contributed by atoms with Gasteiger partial charge in [-0.25, -0.2) is 0 Å². The molecule has 0 aliphatic rings. The SMILES string of the molecule is CN(Cc1cccs1)C(=O)c1c[nH]c2ccccc12. The number of amides is 1. The average molecular weight is 270 g/mol. The van der Waals surface area contributed by atoms with Crippen molar-refractivity contribution < 1.29 is 4.79 Å². The number of carbonyl (C=O) groups is 1. The fourth-order valence-corrected chi connectivity index (χ4v) is 2.92. The summed E-state index contributed by atoms with van der Waals surface area (Å²) in [7, 11) is 1.84. The number of hydrogen-bond acceptors (Lipinski definition) is 2. The van der Waals surface area contributed by atoms with Crippen LogP contribution >= 0.6 is 11.3 Å². The molecule has 4 heteroatoms. The number of aromatic nitrogens is 1. The lowest BCUT2D eigenvalue weighted by Gasteiger charge is -2.15. The van der Waals surface area contributed by atoms with Gasteiger partial charge in [0.2, 0.25) is 0 Å². The van der Waals surface area contributed by atoms with Crippen molar-refractivity contribution in [2.45, 2.75) is 6.54 Å². The molecule has 0 fully saturated rings. The molecule has 0 bridgehead atoms. The number of hydrogen-bond donors (Lipinski definition) is 1. The van der Waals surface area contributed by atoms with Crippen molar-refractivity contribution in [3.05, 3.63) is 58.4 Å². The number of thiophene rings is 1. The second kappa shape index (κ2) is 4.90. The number of benzene rings is 1. The second-order valence-electron chi connectivity index (χ2n) is 4.49. The van der Waals surface area contributed by atoms with Crippen molar-refractivity contribution >= 4 is 28.1 Å². The number of carbonyl (C=O) groups excluding carboxylic acids is 1. The average Bonchev–Trinajstić information content (AvgIpc) is 3.06. The van der Waals surface area contributed by atoms with Crippen LogP contribution in [0, 0.1) is 0 Å². The lowest BCUT2D eigenvalue weighted by atomic mass is 10.1. The van der Waals surface area contributed by atoms with E-state index in [0.717, 1.165) is 16.5 Å². The quantitative estimate of drug-likeness (QED) is 0.777. The van der Waals surface area contributed by atoms with Crippen LogP contribution in [-0.2, 0) is 6.54 Å². The van der Waals surface area contributed by atoms with Gasteiger partial charge in [-0.2, -0.15) is 0 Å². The Morgan fingerprint density at radius 1 is 1.26 bits per heavy atom. The Bertz CT molecular complexity index is 700. The normalized spacial score (nSPS) is 10.8. The largest absolute Gasteiger partial charge is 0.360 e. The van der Waals surface area contributed by atoms with Crippen LogP contribution in [-0.4, -0.2) is 22.8 Å². The Morgan fingerprint density at radius 3 is 2.89 bits per heavy atom.